The van der Waals surface area contributed by atoms with E-state index >= 15 is 0 Å². The van der Waals surface area contributed by atoms with Crippen molar-refractivity contribution in [2.75, 3.05) is 26.2 Å². The highest BCUT2D eigenvalue weighted by molar-refractivity contribution is 5.72. The van der Waals surface area contributed by atoms with Crippen LogP contribution in [0.3, 0.4) is 0 Å². The van der Waals surface area contributed by atoms with Gasteiger partial charge in [-0.1, -0.05) is 13.3 Å². The Morgan fingerprint density at radius 2 is 1.42 bits per heavy atom. The van der Waals surface area contributed by atoms with E-state index in [4.69, 9.17) is 32.5 Å². The third kappa shape index (κ3) is 33.8. The minimum atomic E-state index is -0.928. The number of aliphatic carboxylic acids is 3. The molecule has 1 unspecified atom stereocenters. The molecule has 0 aliphatic carbocycles. The maximum absolute atomic E-state index is 9.81. The Labute approximate surface area is 155 Å². The van der Waals surface area contributed by atoms with Crippen LogP contribution in [0.4, 0.5) is 0 Å². The van der Waals surface area contributed by atoms with Crippen LogP contribution in [0.2, 0.25) is 0 Å². The molecule has 0 aromatic heterocycles. The summed E-state index contributed by atoms with van der Waals surface area (Å²) in [6.07, 6.45) is 5.55. The molecule has 156 valence electrons. The number of carboxylic acids is 3. The average Bonchev–Trinajstić information content (AvgIpc) is 2.62. The zero-order valence-corrected chi connectivity index (χ0v) is 15.7. The molecule has 1 aliphatic heterocycles. The van der Waals surface area contributed by atoms with E-state index in [1.54, 1.807) is 6.92 Å². The van der Waals surface area contributed by atoms with Gasteiger partial charge in [0, 0.05) is 13.0 Å². The fourth-order valence-electron chi connectivity index (χ4n) is 1.35. The van der Waals surface area contributed by atoms with Crippen LogP contribution in [-0.4, -0.2) is 65.4 Å². The van der Waals surface area contributed by atoms with Crippen LogP contribution in [0, 0.1) is 0 Å². The van der Waals surface area contributed by atoms with Crippen molar-refractivity contribution in [1.29, 1.82) is 0 Å². The topological polar surface area (TPSA) is 202 Å². The normalized spacial score (nSPS) is 13.4. The van der Waals surface area contributed by atoms with Crippen LogP contribution < -0.4 is 22.5 Å². The van der Waals surface area contributed by atoms with Crippen molar-refractivity contribution < 1.29 is 29.7 Å². The molecule has 10 nitrogen and oxygen atoms in total. The van der Waals surface area contributed by atoms with Crippen LogP contribution in [0.1, 0.15) is 51.9 Å². The van der Waals surface area contributed by atoms with Gasteiger partial charge in [-0.05, 0) is 45.3 Å². The second kappa shape index (κ2) is 23.2. The van der Waals surface area contributed by atoms with E-state index in [0.29, 0.717) is 19.4 Å². The Bertz CT molecular complexity index is 340. The van der Waals surface area contributed by atoms with E-state index in [2.05, 4.69) is 5.32 Å². The van der Waals surface area contributed by atoms with Crippen LogP contribution in [0.25, 0.3) is 0 Å². The van der Waals surface area contributed by atoms with E-state index < -0.39 is 23.9 Å². The monoisotopic (exact) mass is 380 g/mol. The third-order valence-corrected chi connectivity index (χ3v) is 2.92. The fraction of sp³-hybridized carbons (Fsp3) is 0.812. The lowest BCUT2D eigenvalue weighted by Crippen LogP contribution is -2.28. The molecule has 1 atom stereocenters. The van der Waals surface area contributed by atoms with Crippen LogP contribution in [0.5, 0.6) is 0 Å². The smallest absolute Gasteiger partial charge is 0.320 e. The number of carbonyl (C=O) groups is 3. The number of hydrogen-bond donors (Lipinski definition) is 7. The lowest BCUT2D eigenvalue weighted by atomic mass is 10.2. The van der Waals surface area contributed by atoms with E-state index in [-0.39, 0.29) is 19.4 Å². The van der Waals surface area contributed by atoms with Gasteiger partial charge in [0.05, 0.1) is 6.42 Å². The minimum absolute atomic E-state index is 0.0694. The van der Waals surface area contributed by atoms with Crippen LogP contribution in [0.15, 0.2) is 0 Å². The summed E-state index contributed by atoms with van der Waals surface area (Å²) in [5.74, 6) is -2.54. The molecule has 10 N–H and O–H groups in total. The number of carboxylic acid groups (broad SMARTS) is 3. The summed E-state index contributed by atoms with van der Waals surface area (Å²) in [6.45, 7) is 4.93. The van der Waals surface area contributed by atoms with E-state index in [1.165, 1.54) is 32.4 Å². The molecular weight excluding hydrogens is 344 g/mol. The van der Waals surface area contributed by atoms with Crippen LogP contribution >= 0.6 is 0 Å². The molecule has 0 radical (unpaired) electrons. The van der Waals surface area contributed by atoms with Gasteiger partial charge in [0.25, 0.3) is 0 Å². The lowest BCUT2D eigenvalue weighted by molar-refractivity contribution is -0.139. The maximum atomic E-state index is 9.81. The molecule has 1 aliphatic rings. The van der Waals surface area contributed by atoms with Gasteiger partial charge >= 0.3 is 17.9 Å². The summed E-state index contributed by atoms with van der Waals surface area (Å²) in [5, 5.41) is 27.2. The Morgan fingerprint density at radius 3 is 1.50 bits per heavy atom. The van der Waals surface area contributed by atoms with Gasteiger partial charge in [-0.25, -0.2) is 0 Å². The third-order valence-electron chi connectivity index (χ3n) is 2.92. The number of nitrogens with two attached hydrogens (primary N) is 3. The molecule has 1 rings (SSSR count). The van der Waals surface area contributed by atoms with E-state index in [9.17, 15) is 14.4 Å². The van der Waals surface area contributed by atoms with Crippen molar-refractivity contribution in [1.82, 2.24) is 5.32 Å². The maximum Gasteiger partial charge on any atom is 0.320 e. The first-order valence-electron chi connectivity index (χ1n) is 8.75. The molecule has 1 heterocycles. The van der Waals surface area contributed by atoms with Gasteiger partial charge in [0.15, 0.2) is 0 Å². The first kappa shape index (κ1) is 29.0. The molecule has 0 spiro atoms. The molecule has 10 heteroatoms. The molecular formula is C16H36N4O6. The Kier molecular flexibility index (Phi) is 26.0. The van der Waals surface area contributed by atoms with E-state index in [0.717, 1.165) is 0 Å². The van der Waals surface area contributed by atoms with Crippen molar-refractivity contribution >= 4 is 17.9 Å². The summed E-state index contributed by atoms with van der Waals surface area (Å²) >= 11 is 0. The van der Waals surface area contributed by atoms with Crippen molar-refractivity contribution in [2.45, 2.75) is 57.9 Å². The SMILES string of the molecule is C1CCNCC1.CCC(N)C(=O)O.NCCC(=O)O.NCCCC(=O)O. The number of hydrogen-bond acceptors (Lipinski definition) is 7. The van der Waals surface area contributed by atoms with Gasteiger partial charge in [-0.3, -0.25) is 14.4 Å². The van der Waals surface area contributed by atoms with Crippen molar-refractivity contribution in [2.24, 2.45) is 17.2 Å². The predicted octanol–water partition coefficient (Wildman–Crippen LogP) is -0.202. The standard InChI is InChI=1S/C5H11N.2C4H9NO2.C3H7NO2/c1-2-4-6-5-3-1;1-2-3(5)4(6)7;5-3-1-2-4(6)7;4-2-1-3(5)6/h6H,1-5H2;3H,2,5H2,1H3,(H,6,7);1-3,5H2,(H,6,7);1-2,4H2,(H,5,6). The first-order valence-corrected chi connectivity index (χ1v) is 8.75. The highest BCUT2D eigenvalue weighted by Gasteiger charge is 2.05. The molecule has 1 fully saturated rings. The summed E-state index contributed by atoms with van der Waals surface area (Å²) in [7, 11) is 0. The Balaban J connectivity index is -0.000000272. The van der Waals surface area contributed by atoms with E-state index in [1.807, 2.05) is 0 Å². The van der Waals surface area contributed by atoms with Gasteiger partial charge in [0.2, 0.25) is 0 Å². The van der Waals surface area contributed by atoms with Crippen molar-refractivity contribution in [3.63, 3.8) is 0 Å². The summed E-state index contributed by atoms with van der Waals surface area (Å²) in [4.78, 5) is 29.0. The van der Waals surface area contributed by atoms with Gasteiger partial charge in [0.1, 0.15) is 6.04 Å². The Hall–Kier alpha value is -1.75. The number of rotatable bonds is 7. The molecule has 0 bridgehead atoms. The summed E-state index contributed by atoms with van der Waals surface area (Å²) < 4.78 is 0. The lowest BCUT2D eigenvalue weighted by Gasteiger charge is -2.08. The second-order valence-corrected chi connectivity index (χ2v) is 5.38. The zero-order chi connectivity index (χ0) is 20.8. The second-order valence-electron chi connectivity index (χ2n) is 5.38. The highest BCUT2D eigenvalue weighted by atomic mass is 16.4. The largest absolute Gasteiger partial charge is 0.481 e. The molecule has 0 aromatic carbocycles. The number of piperidine rings is 1. The molecule has 26 heavy (non-hydrogen) atoms. The minimum Gasteiger partial charge on any atom is -0.481 e. The predicted molar refractivity (Wildman–Crippen MR) is 99.9 cm³/mol. The molecule has 0 saturated carbocycles. The zero-order valence-electron chi connectivity index (χ0n) is 15.7. The number of nitrogens with one attached hydrogen (secondary N) is 1. The molecule has 1 saturated heterocycles. The van der Waals surface area contributed by atoms with Gasteiger partial charge < -0.3 is 37.8 Å². The summed E-state index contributed by atoms with van der Waals surface area (Å²) in [5.41, 5.74) is 14.9. The highest BCUT2D eigenvalue weighted by Crippen LogP contribution is 1.96. The van der Waals surface area contributed by atoms with Gasteiger partial charge in [-0.2, -0.15) is 0 Å². The molecule has 0 aromatic rings. The molecule has 0 amide bonds. The summed E-state index contributed by atoms with van der Waals surface area (Å²) in [6, 6.07) is -0.681. The Morgan fingerprint density at radius 1 is 0.923 bits per heavy atom. The fourth-order valence-corrected chi connectivity index (χ4v) is 1.35. The van der Waals surface area contributed by atoms with Gasteiger partial charge in [-0.15, -0.1) is 0 Å². The average molecular weight is 380 g/mol. The first-order chi connectivity index (χ1) is 12.2. The van der Waals surface area contributed by atoms with Crippen molar-refractivity contribution in [3.8, 4) is 0 Å². The van der Waals surface area contributed by atoms with Crippen LogP contribution in [-0.2, 0) is 14.4 Å². The quantitative estimate of drug-likeness (QED) is 0.310. The van der Waals surface area contributed by atoms with Crippen molar-refractivity contribution in [3.05, 3.63) is 0 Å².